The minimum atomic E-state index is -2.65. The Hall–Kier alpha value is -1.29. The van der Waals surface area contributed by atoms with Gasteiger partial charge in [-0.1, -0.05) is 6.92 Å². The second-order valence-electron chi connectivity index (χ2n) is 6.97. The lowest BCUT2D eigenvalue weighted by atomic mass is 10.2. The molecule has 2 amide bonds. The fourth-order valence-corrected chi connectivity index (χ4v) is 7.55. The van der Waals surface area contributed by atoms with E-state index in [0.29, 0.717) is 38.1 Å². The molecule has 0 saturated carbocycles. The maximum Gasteiger partial charge on any atom is 0.282 e. The van der Waals surface area contributed by atoms with Crippen molar-refractivity contribution in [1.82, 2.24) is 4.90 Å². The molecule has 1 fully saturated rings. The molecule has 6 nitrogen and oxygen atoms in total. The number of thiophene rings is 2. The van der Waals surface area contributed by atoms with E-state index < -0.39 is 21.7 Å². The minimum Gasteiger partial charge on any atom is -0.372 e. The second-order valence-corrected chi connectivity index (χ2v) is 11.7. The summed E-state index contributed by atoms with van der Waals surface area (Å²) in [4.78, 5) is 28.0. The number of amides is 2. The molecule has 0 N–H and O–H groups in total. The molecule has 0 bridgehead atoms. The molecule has 0 aromatic carbocycles. The van der Waals surface area contributed by atoms with Gasteiger partial charge in [0.2, 0.25) is 5.91 Å². The van der Waals surface area contributed by atoms with Gasteiger partial charge in [-0.15, -0.1) is 22.7 Å². The van der Waals surface area contributed by atoms with Crippen molar-refractivity contribution < 1.29 is 18.5 Å². The minimum absolute atomic E-state index is 0.0454. The van der Waals surface area contributed by atoms with Gasteiger partial charge in [-0.3, -0.25) is 9.59 Å². The number of nitrogens with zero attached hydrogens (tertiary/aromatic N) is 2. The number of fused-ring (bicyclic) bond motifs is 1. The number of rotatable bonds is 5. The predicted octanol–water partition coefficient (Wildman–Crippen LogP) is 3.47. The largest absolute Gasteiger partial charge is 0.372 e. The number of methoxy groups -OCH3 is 1. The van der Waals surface area contributed by atoms with Crippen LogP contribution in [0.1, 0.15) is 30.2 Å². The lowest BCUT2D eigenvalue weighted by Gasteiger charge is -2.19. The van der Waals surface area contributed by atoms with E-state index in [1.165, 1.54) is 21.4 Å². The van der Waals surface area contributed by atoms with Crippen molar-refractivity contribution in [3.8, 4) is 0 Å². The van der Waals surface area contributed by atoms with Crippen LogP contribution in [-0.4, -0.2) is 58.7 Å². The van der Waals surface area contributed by atoms with Gasteiger partial charge in [0.1, 0.15) is 6.10 Å². The van der Waals surface area contributed by atoms with Crippen LogP contribution in [0.15, 0.2) is 15.8 Å². The van der Waals surface area contributed by atoms with E-state index >= 15 is 0 Å². The Morgan fingerprint density at radius 3 is 2.86 bits per heavy atom. The first-order chi connectivity index (χ1) is 13.3. The highest BCUT2D eigenvalue weighted by atomic mass is 32.2. The lowest BCUT2D eigenvalue weighted by molar-refractivity contribution is -0.130. The van der Waals surface area contributed by atoms with Gasteiger partial charge in [0.15, 0.2) is 0 Å². The predicted molar refractivity (Wildman–Crippen MR) is 116 cm³/mol. The van der Waals surface area contributed by atoms with Crippen LogP contribution in [0.25, 0.3) is 9.40 Å². The Morgan fingerprint density at radius 1 is 1.36 bits per heavy atom. The molecule has 1 saturated heterocycles. The zero-order valence-electron chi connectivity index (χ0n) is 16.4. The zero-order chi connectivity index (χ0) is 20.3. The summed E-state index contributed by atoms with van der Waals surface area (Å²) >= 11 is 3.39. The highest BCUT2D eigenvalue weighted by Crippen LogP contribution is 2.34. The van der Waals surface area contributed by atoms with Gasteiger partial charge < -0.3 is 9.64 Å². The Kier molecular flexibility index (Phi) is 6.90. The smallest absolute Gasteiger partial charge is 0.282 e. The van der Waals surface area contributed by atoms with Crippen LogP contribution in [0.3, 0.4) is 0 Å². The van der Waals surface area contributed by atoms with E-state index in [-0.39, 0.29) is 11.7 Å². The molecule has 3 heterocycles. The van der Waals surface area contributed by atoms with Crippen molar-refractivity contribution in [3.05, 3.63) is 21.9 Å². The van der Waals surface area contributed by atoms with Crippen LogP contribution in [0.5, 0.6) is 0 Å². The van der Waals surface area contributed by atoms with Crippen molar-refractivity contribution >= 4 is 53.6 Å². The number of carbonyl (C=O) groups is 2. The van der Waals surface area contributed by atoms with E-state index in [0.717, 1.165) is 5.56 Å². The highest BCUT2D eigenvalue weighted by Gasteiger charge is 2.25. The highest BCUT2D eigenvalue weighted by molar-refractivity contribution is 7.93. The molecule has 2 aromatic rings. The summed E-state index contributed by atoms with van der Waals surface area (Å²) in [5.74, 6) is 0.171. The summed E-state index contributed by atoms with van der Waals surface area (Å²) in [6, 6.07) is 2.15. The Labute approximate surface area is 174 Å². The zero-order valence-corrected chi connectivity index (χ0v) is 18.9. The van der Waals surface area contributed by atoms with Crippen molar-refractivity contribution in [1.29, 1.82) is 0 Å². The first kappa shape index (κ1) is 21.4. The number of aryl methyl sites for hydroxylation is 1. The third-order valence-corrected chi connectivity index (χ3v) is 9.39. The normalized spacial score (nSPS) is 21.5. The van der Waals surface area contributed by atoms with Crippen molar-refractivity contribution in [3.63, 3.8) is 0 Å². The lowest BCUT2D eigenvalue weighted by Crippen LogP contribution is -2.34. The molecule has 0 aliphatic carbocycles. The summed E-state index contributed by atoms with van der Waals surface area (Å²) in [7, 11) is -1.19. The number of carbonyl (C=O) groups excluding carboxylic acids is 2. The van der Waals surface area contributed by atoms with Gasteiger partial charge in [-0.05, 0) is 36.8 Å². The van der Waals surface area contributed by atoms with E-state index in [2.05, 4.69) is 22.7 Å². The molecule has 0 radical (unpaired) electrons. The average molecular weight is 443 g/mol. The molecule has 3 rings (SSSR count). The van der Waals surface area contributed by atoms with E-state index in [4.69, 9.17) is 4.74 Å². The monoisotopic (exact) mass is 442 g/mol. The van der Waals surface area contributed by atoms with Crippen LogP contribution in [0, 0.1) is 6.92 Å². The Bertz CT molecular complexity index is 981. The van der Waals surface area contributed by atoms with Gasteiger partial charge in [0.25, 0.3) is 5.91 Å². The van der Waals surface area contributed by atoms with Gasteiger partial charge >= 0.3 is 0 Å². The maximum atomic E-state index is 13.1. The molecule has 2 unspecified atom stereocenters. The SMILES string of the molecule is CCC(OC)C(=O)N=S1(=O)CCCN(C(=O)Cc2csc3cc(C)sc23)CC1. The quantitative estimate of drug-likeness (QED) is 0.711. The third kappa shape index (κ3) is 4.82. The van der Waals surface area contributed by atoms with Crippen molar-refractivity contribution in [2.24, 2.45) is 4.36 Å². The van der Waals surface area contributed by atoms with E-state index in [1.807, 2.05) is 6.92 Å². The molecular weight excluding hydrogens is 416 g/mol. The van der Waals surface area contributed by atoms with E-state index in [1.54, 1.807) is 27.6 Å². The molecular formula is C19H26N2O4S3. The van der Waals surface area contributed by atoms with Crippen LogP contribution in [0.4, 0.5) is 0 Å². The van der Waals surface area contributed by atoms with Gasteiger partial charge in [-0.25, -0.2) is 4.21 Å². The molecule has 28 heavy (non-hydrogen) atoms. The number of hydrogen-bond donors (Lipinski definition) is 0. The van der Waals surface area contributed by atoms with Gasteiger partial charge in [0.05, 0.1) is 16.1 Å². The van der Waals surface area contributed by atoms with Crippen LogP contribution in [-0.2, 0) is 30.5 Å². The summed E-state index contributed by atoms with van der Waals surface area (Å²) in [6.07, 6.45) is 0.798. The topological polar surface area (TPSA) is 76.0 Å². The Balaban J connectivity index is 1.68. The van der Waals surface area contributed by atoms with Crippen molar-refractivity contribution in [2.75, 3.05) is 31.7 Å². The maximum absolute atomic E-state index is 13.1. The number of hydrogen-bond acceptors (Lipinski definition) is 6. The Morgan fingerprint density at radius 2 is 2.14 bits per heavy atom. The first-order valence-electron chi connectivity index (χ1n) is 9.38. The fourth-order valence-electron chi connectivity index (χ4n) is 3.34. The van der Waals surface area contributed by atoms with Crippen molar-refractivity contribution in [2.45, 2.75) is 39.2 Å². The average Bonchev–Trinajstić information content (AvgIpc) is 3.11. The van der Waals surface area contributed by atoms with Crippen LogP contribution >= 0.6 is 22.7 Å². The number of ether oxygens (including phenoxy) is 1. The van der Waals surface area contributed by atoms with Crippen LogP contribution in [0.2, 0.25) is 0 Å². The third-order valence-electron chi connectivity index (χ3n) is 4.89. The summed E-state index contributed by atoms with van der Waals surface area (Å²) in [5.41, 5.74) is 1.07. The second kappa shape index (κ2) is 9.02. The van der Waals surface area contributed by atoms with E-state index in [9.17, 15) is 13.8 Å². The molecule has 1 aliphatic rings. The van der Waals surface area contributed by atoms with Gasteiger partial charge in [0, 0.05) is 46.0 Å². The molecule has 2 atom stereocenters. The van der Waals surface area contributed by atoms with Gasteiger partial charge in [-0.2, -0.15) is 4.36 Å². The molecule has 154 valence electrons. The summed E-state index contributed by atoms with van der Waals surface area (Å²) < 4.78 is 24.6. The van der Waals surface area contributed by atoms with Crippen LogP contribution < -0.4 is 0 Å². The summed E-state index contributed by atoms with van der Waals surface area (Å²) in [5, 5.41) is 2.06. The fraction of sp³-hybridized carbons (Fsp3) is 0.579. The summed E-state index contributed by atoms with van der Waals surface area (Å²) in [6.45, 7) is 4.83. The molecule has 9 heteroatoms. The standard InChI is InChI=1S/C19H26N2O4S3/c1-4-15(25-3)19(23)20-28(24)8-5-6-21(7-9-28)17(22)11-14-12-26-16-10-13(2)27-18(14)16/h10,12,15H,4-9,11H2,1-3H3. The first-order valence-corrected chi connectivity index (χ1v) is 12.9. The molecule has 0 spiro atoms. The molecule has 1 aliphatic heterocycles. The molecule has 2 aromatic heterocycles.